The molecule has 2 aliphatic rings. The number of ether oxygens (including phenoxy) is 2. The minimum Gasteiger partial charge on any atom is -0.394 e. The number of nitrogens with one attached hydrogen (secondary N) is 2. The van der Waals surface area contributed by atoms with E-state index in [2.05, 4.69) is 10.3 Å². The van der Waals surface area contributed by atoms with Gasteiger partial charge in [-0.25, -0.2) is 9.11 Å². The van der Waals surface area contributed by atoms with Crippen LogP contribution in [0.15, 0.2) is 21.9 Å². The molecule has 2 aliphatic heterocycles. The molecule has 0 bridgehead atoms. The number of amides is 1. The molecular formula is C17H28N4O13P2. The fourth-order valence-corrected chi connectivity index (χ4v) is 5.05. The Morgan fingerprint density at radius 3 is 2.64 bits per heavy atom. The van der Waals surface area contributed by atoms with Gasteiger partial charge in [0.1, 0.15) is 30.6 Å². The molecule has 17 nitrogen and oxygen atoms in total. The lowest BCUT2D eigenvalue weighted by Crippen LogP contribution is -2.65. The average Bonchev–Trinajstić information content (AvgIpc) is 3.30. The summed E-state index contributed by atoms with van der Waals surface area (Å²) in [6.45, 7) is -1.31. The smallest absolute Gasteiger partial charge is 0.339 e. The van der Waals surface area contributed by atoms with Gasteiger partial charge in [-0.2, -0.15) is 0 Å². The predicted octanol–water partition coefficient (Wildman–Crippen LogP) is -3.42. The Kier molecular flexibility index (Phi) is 10.8. The highest BCUT2D eigenvalue weighted by Gasteiger charge is 2.47. The van der Waals surface area contributed by atoms with Crippen LogP contribution in [0.1, 0.15) is 19.1 Å². The second-order valence-electron chi connectivity index (χ2n) is 7.77. The number of aliphatic hydroxyl groups is 3. The first kappa shape index (κ1) is 29.1. The largest absolute Gasteiger partial charge is 0.394 e. The first-order valence-electron chi connectivity index (χ1n) is 10.7. The van der Waals surface area contributed by atoms with Crippen LogP contribution in [0.2, 0.25) is 0 Å². The van der Waals surface area contributed by atoms with E-state index < -0.39 is 90.5 Å². The van der Waals surface area contributed by atoms with Crippen LogP contribution in [0, 0.1) is 0 Å². The van der Waals surface area contributed by atoms with Gasteiger partial charge in [-0.1, -0.05) is 0 Å². The van der Waals surface area contributed by atoms with Gasteiger partial charge in [0.2, 0.25) is 5.91 Å². The normalized spacial score (nSPS) is 32.2. The Labute approximate surface area is 205 Å². The lowest BCUT2D eigenvalue weighted by Gasteiger charge is -2.42. The second-order valence-corrected chi connectivity index (χ2v) is 9.84. The number of carbonyl (C=O) groups excluding carboxylic acids is 1. The van der Waals surface area contributed by atoms with E-state index in [4.69, 9.17) is 28.6 Å². The molecule has 9 atom stereocenters. The Hall–Kier alpha value is -1.43. The summed E-state index contributed by atoms with van der Waals surface area (Å²) in [5, 5.41) is 31.9. The summed E-state index contributed by atoms with van der Waals surface area (Å²) in [6, 6.07) is -0.200. The van der Waals surface area contributed by atoms with Crippen LogP contribution in [0.4, 0.5) is 0 Å². The van der Waals surface area contributed by atoms with Gasteiger partial charge in [0.25, 0.3) is 5.56 Å². The van der Waals surface area contributed by atoms with Crippen molar-refractivity contribution >= 4 is 23.1 Å². The van der Waals surface area contributed by atoms with Crippen LogP contribution in [0.5, 0.6) is 0 Å². The van der Waals surface area contributed by atoms with Crippen molar-refractivity contribution in [3.63, 3.8) is 0 Å². The van der Waals surface area contributed by atoms with E-state index in [-0.39, 0.29) is 6.61 Å². The van der Waals surface area contributed by atoms with Crippen molar-refractivity contribution in [3.8, 4) is 0 Å². The first-order chi connectivity index (χ1) is 17.1. The fraction of sp³-hybridized carbons (Fsp3) is 0.706. The molecule has 3 heterocycles. The molecule has 204 valence electrons. The number of aromatic nitrogens is 2. The number of aromatic amines is 1. The minimum absolute atomic E-state index is 0.160. The van der Waals surface area contributed by atoms with Gasteiger partial charge in [-0.05, 0) is 12.8 Å². The third-order valence-corrected chi connectivity index (χ3v) is 7.22. The number of nitrogens with two attached hydrogens (primary N) is 1. The van der Waals surface area contributed by atoms with E-state index in [1.807, 2.05) is 0 Å². The molecule has 0 aliphatic carbocycles. The minimum atomic E-state index is -2.88. The molecule has 9 N–H and O–H groups in total. The van der Waals surface area contributed by atoms with Crippen molar-refractivity contribution in [1.82, 2.24) is 14.9 Å². The van der Waals surface area contributed by atoms with Gasteiger partial charge in [0.05, 0.1) is 25.9 Å². The van der Waals surface area contributed by atoms with Crippen molar-refractivity contribution in [1.29, 1.82) is 0 Å². The number of H-pyrrole nitrogens is 1. The molecule has 1 amide bonds. The number of aliphatic hydroxyl groups excluding tert-OH is 3. The molecule has 1 aromatic rings. The van der Waals surface area contributed by atoms with E-state index in [9.17, 15) is 39.5 Å². The highest BCUT2D eigenvalue weighted by Crippen LogP contribution is 2.51. The number of nitrogens with zero attached hydrogens (tertiary/aromatic N) is 1. The molecule has 36 heavy (non-hydrogen) atoms. The van der Waals surface area contributed by atoms with Crippen LogP contribution >= 0.6 is 17.2 Å². The maximum Gasteiger partial charge on any atom is 0.339 e. The molecule has 8 unspecified atom stereocenters. The molecule has 0 aromatic carbocycles. The van der Waals surface area contributed by atoms with Crippen molar-refractivity contribution in [2.24, 2.45) is 5.73 Å². The quantitative estimate of drug-likeness (QED) is 0.123. The summed E-state index contributed by atoms with van der Waals surface area (Å²) in [5.41, 5.74) is 4.07. The molecule has 0 radical (unpaired) electrons. The molecule has 1 aromatic heterocycles. The van der Waals surface area contributed by atoms with E-state index in [1.165, 1.54) is 16.8 Å². The highest BCUT2D eigenvalue weighted by atomic mass is 31.2. The summed E-state index contributed by atoms with van der Waals surface area (Å²) >= 11 is 0. The van der Waals surface area contributed by atoms with Crippen LogP contribution in [-0.4, -0.2) is 97.1 Å². The summed E-state index contributed by atoms with van der Waals surface area (Å²) < 4.78 is 27.4. The Bertz CT molecular complexity index is 982. The molecular weight excluding hydrogens is 530 g/mol. The maximum absolute atomic E-state index is 11.9. The Morgan fingerprint density at radius 2 is 1.97 bits per heavy atom. The van der Waals surface area contributed by atoms with Gasteiger partial charge in [0, 0.05) is 12.3 Å². The van der Waals surface area contributed by atoms with Gasteiger partial charge < -0.3 is 50.2 Å². The maximum atomic E-state index is 11.9. The molecule has 2 fully saturated rings. The van der Waals surface area contributed by atoms with E-state index >= 15 is 0 Å². The SMILES string of the molecule is NCC(=O)NC1C(OP(O)OP(O)OCC2CC[C@H](n3ccc(=O)[nH]c3=O)O2)OC(CO)C(O)C1O. The lowest BCUT2D eigenvalue weighted by molar-refractivity contribution is -0.245. The lowest BCUT2D eigenvalue weighted by atomic mass is 9.97. The fourth-order valence-electron chi connectivity index (χ4n) is 3.58. The number of hydrogen-bond acceptors (Lipinski definition) is 14. The third-order valence-electron chi connectivity index (χ3n) is 5.35. The predicted molar refractivity (Wildman–Crippen MR) is 120 cm³/mol. The van der Waals surface area contributed by atoms with Crippen LogP contribution in [-0.2, 0) is 27.6 Å². The number of hydrogen-bond donors (Lipinski definition) is 8. The molecule has 3 rings (SSSR count). The Morgan fingerprint density at radius 1 is 1.22 bits per heavy atom. The van der Waals surface area contributed by atoms with E-state index in [0.29, 0.717) is 12.8 Å². The number of carbonyl (C=O) groups is 1. The summed E-state index contributed by atoms with van der Waals surface area (Å²) in [7, 11) is -5.56. The second kappa shape index (κ2) is 13.4. The monoisotopic (exact) mass is 558 g/mol. The van der Waals surface area contributed by atoms with Crippen molar-refractivity contribution in [2.75, 3.05) is 19.8 Å². The van der Waals surface area contributed by atoms with Crippen LogP contribution in [0.25, 0.3) is 0 Å². The average molecular weight is 558 g/mol. The van der Waals surface area contributed by atoms with Crippen LogP contribution < -0.4 is 22.3 Å². The highest BCUT2D eigenvalue weighted by molar-refractivity contribution is 7.54. The van der Waals surface area contributed by atoms with Gasteiger partial charge in [-0.3, -0.25) is 23.7 Å². The molecule has 2 saturated heterocycles. The van der Waals surface area contributed by atoms with E-state index in [0.717, 1.165) is 0 Å². The van der Waals surface area contributed by atoms with Gasteiger partial charge in [-0.15, -0.1) is 0 Å². The van der Waals surface area contributed by atoms with Crippen LogP contribution in [0.3, 0.4) is 0 Å². The van der Waals surface area contributed by atoms with Crippen molar-refractivity contribution < 1.29 is 52.7 Å². The topological polar surface area (TPSA) is 257 Å². The summed E-state index contributed by atoms with van der Waals surface area (Å²) in [4.78, 5) is 57.0. The van der Waals surface area contributed by atoms with Gasteiger partial charge in [0.15, 0.2) is 6.29 Å². The van der Waals surface area contributed by atoms with Crippen molar-refractivity contribution in [2.45, 2.75) is 55.8 Å². The molecule has 0 saturated carbocycles. The van der Waals surface area contributed by atoms with E-state index in [1.54, 1.807) is 0 Å². The zero-order chi connectivity index (χ0) is 26.4. The molecule has 19 heteroatoms. The van der Waals surface area contributed by atoms with Crippen molar-refractivity contribution in [3.05, 3.63) is 33.1 Å². The third kappa shape index (κ3) is 7.55. The number of rotatable bonds is 11. The molecule has 0 spiro atoms. The summed E-state index contributed by atoms with van der Waals surface area (Å²) in [5.74, 6) is -0.721. The standard InChI is InChI=1S/C17H28N4O13P2/c18-5-11(24)19-13-15(26)14(25)9(6-22)32-16(13)33-36(29)34-35(28)30-7-8-1-2-12(31-8)21-4-3-10(23)20-17(21)27/h3-4,8-9,12-16,22,25-26,28-29H,1-2,5-7,18H2,(H,19,24)(H,20,23,27)/t8?,9?,12-,13?,14?,15?,16?,35?,36?/m1/s1. The zero-order valence-corrected chi connectivity index (χ0v) is 20.4. The Balaban J connectivity index is 1.49. The zero-order valence-electron chi connectivity index (χ0n) is 18.7. The first-order valence-corrected chi connectivity index (χ1v) is 12.9. The summed E-state index contributed by atoms with van der Waals surface area (Å²) in [6.07, 6.45) is -5.06. The van der Waals surface area contributed by atoms with Gasteiger partial charge >= 0.3 is 22.9 Å².